The summed E-state index contributed by atoms with van der Waals surface area (Å²) in [7, 11) is 4.04. The number of hydrogen-bond acceptors (Lipinski definition) is 2. The summed E-state index contributed by atoms with van der Waals surface area (Å²) in [5, 5.41) is 7.83. The smallest absolute Gasteiger partial charge is 0.194 e. The van der Waals surface area contributed by atoms with Crippen LogP contribution in [-0.2, 0) is 20.1 Å². The van der Waals surface area contributed by atoms with Crippen molar-refractivity contribution in [2.45, 2.75) is 33.9 Å². The number of nitrogens with one attached hydrogen (secondary N) is 1. The highest BCUT2D eigenvalue weighted by Crippen LogP contribution is 2.13. The summed E-state index contributed by atoms with van der Waals surface area (Å²) in [5.41, 5.74) is 4.70. The fourth-order valence-corrected chi connectivity index (χ4v) is 2.60. The van der Waals surface area contributed by atoms with Crippen molar-refractivity contribution in [2.75, 3.05) is 13.6 Å². The topological polar surface area (TPSA) is 45.5 Å². The number of benzene rings is 1. The summed E-state index contributed by atoms with van der Waals surface area (Å²) in [4.78, 5) is 6.95. The Hall–Kier alpha value is -1.57. The Bertz CT molecular complexity index is 664. The Morgan fingerprint density at radius 2 is 1.92 bits per heavy atom. The lowest BCUT2D eigenvalue weighted by Crippen LogP contribution is -2.38. The lowest BCUT2D eigenvalue weighted by atomic mass is 10.2. The van der Waals surface area contributed by atoms with Crippen LogP contribution in [0.4, 0.5) is 0 Å². The van der Waals surface area contributed by atoms with Crippen LogP contribution in [0.1, 0.15) is 29.4 Å². The molecule has 0 bridgehead atoms. The van der Waals surface area contributed by atoms with Crippen LogP contribution in [-0.4, -0.2) is 34.2 Å². The lowest BCUT2D eigenvalue weighted by molar-refractivity contribution is 0.476. The van der Waals surface area contributed by atoms with Crippen molar-refractivity contribution in [3.8, 4) is 0 Å². The summed E-state index contributed by atoms with van der Waals surface area (Å²) in [6.07, 6.45) is 0. The van der Waals surface area contributed by atoms with Crippen LogP contribution in [0.5, 0.6) is 0 Å². The quantitative estimate of drug-likeness (QED) is 0.440. The molecule has 6 heteroatoms. The average Bonchev–Trinajstić information content (AvgIpc) is 2.77. The second-order valence-electron chi connectivity index (χ2n) is 5.78. The van der Waals surface area contributed by atoms with Crippen LogP contribution in [0.3, 0.4) is 0 Å². The summed E-state index contributed by atoms with van der Waals surface area (Å²) >= 11 is 0. The molecule has 24 heavy (non-hydrogen) atoms. The molecule has 0 unspecified atom stereocenters. The molecule has 0 aliphatic heterocycles. The van der Waals surface area contributed by atoms with Crippen molar-refractivity contribution >= 4 is 29.9 Å². The number of rotatable bonds is 5. The van der Waals surface area contributed by atoms with Gasteiger partial charge >= 0.3 is 0 Å². The molecule has 2 aromatic rings. The third-order valence-corrected chi connectivity index (χ3v) is 4.00. The normalized spacial score (nSPS) is 11.1. The van der Waals surface area contributed by atoms with Gasteiger partial charge in [-0.1, -0.05) is 30.3 Å². The molecular weight excluding hydrogens is 413 g/mol. The van der Waals surface area contributed by atoms with Crippen LogP contribution < -0.4 is 5.32 Å². The van der Waals surface area contributed by atoms with Crippen molar-refractivity contribution < 1.29 is 0 Å². The number of aromatic nitrogens is 2. The van der Waals surface area contributed by atoms with Gasteiger partial charge < -0.3 is 10.2 Å². The van der Waals surface area contributed by atoms with Crippen molar-refractivity contribution in [3.05, 3.63) is 52.8 Å². The SMILES string of the molecule is CCNC(=NCc1c(C)nn(C)c1C)N(C)Cc1ccccc1.I. The molecule has 0 spiro atoms. The fraction of sp³-hybridized carbons (Fsp3) is 0.444. The maximum atomic E-state index is 4.79. The van der Waals surface area contributed by atoms with E-state index in [9.17, 15) is 0 Å². The number of aliphatic imine (C=N–C) groups is 1. The van der Waals surface area contributed by atoms with Gasteiger partial charge in [-0.2, -0.15) is 5.10 Å². The molecule has 0 fully saturated rings. The molecule has 0 aliphatic rings. The lowest BCUT2D eigenvalue weighted by Gasteiger charge is -2.22. The standard InChI is InChI=1S/C18H27N5.HI/c1-6-19-18(22(4)13-16-10-8-7-9-11-16)20-12-17-14(2)21-23(5)15(17)3;/h7-11H,6,12-13H2,1-5H3,(H,19,20);1H. The van der Waals surface area contributed by atoms with Crippen LogP contribution in [0.2, 0.25) is 0 Å². The molecule has 0 saturated carbocycles. The predicted octanol–water partition coefficient (Wildman–Crippen LogP) is 3.25. The van der Waals surface area contributed by atoms with E-state index in [1.54, 1.807) is 0 Å². The number of hydrogen-bond donors (Lipinski definition) is 1. The van der Waals surface area contributed by atoms with Crippen LogP contribution in [0.15, 0.2) is 35.3 Å². The number of nitrogens with zero attached hydrogens (tertiary/aromatic N) is 4. The molecule has 132 valence electrons. The summed E-state index contributed by atoms with van der Waals surface area (Å²) in [6, 6.07) is 10.4. The monoisotopic (exact) mass is 441 g/mol. The highest BCUT2D eigenvalue weighted by Gasteiger charge is 2.11. The Kier molecular flexibility index (Phi) is 8.24. The van der Waals surface area contributed by atoms with Gasteiger partial charge in [0.25, 0.3) is 0 Å². The number of halogens is 1. The van der Waals surface area contributed by atoms with E-state index in [0.717, 1.165) is 24.7 Å². The number of aryl methyl sites for hydroxylation is 2. The Morgan fingerprint density at radius 3 is 2.46 bits per heavy atom. The maximum Gasteiger partial charge on any atom is 0.194 e. The average molecular weight is 441 g/mol. The van der Waals surface area contributed by atoms with E-state index in [2.05, 4.69) is 60.5 Å². The zero-order valence-corrected chi connectivity index (χ0v) is 17.5. The summed E-state index contributed by atoms with van der Waals surface area (Å²) in [6.45, 7) is 8.55. The van der Waals surface area contributed by atoms with Crippen molar-refractivity contribution in [3.63, 3.8) is 0 Å². The van der Waals surface area contributed by atoms with Crippen molar-refractivity contribution in [2.24, 2.45) is 12.0 Å². The molecule has 1 aromatic heterocycles. The largest absolute Gasteiger partial charge is 0.357 e. The first-order valence-electron chi connectivity index (χ1n) is 8.05. The highest BCUT2D eigenvalue weighted by molar-refractivity contribution is 14.0. The van der Waals surface area contributed by atoms with E-state index in [1.165, 1.54) is 16.8 Å². The zero-order valence-electron chi connectivity index (χ0n) is 15.2. The van der Waals surface area contributed by atoms with E-state index in [4.69, 9.17) is 4.99 Å². The minimum atomic E-state index is 0. The van der Waals surface area contributed by atoms with Gasteiger partial charge in [-0.05, 0) is 26.3 Å². The molecule has 1 heterocycles. The van der Waals surface area contributed by atoms with E-state index >= 15 is 0 Å². The van der Waals surface area contributed by atoms with Gasteiger partial charge in [-0.15, -0.1) is 24.0 Å². The molecule has 0 amide bonds. The van der Waals surface area contributed by atoms with E-state index in [1.807, 2.05) is 24.7 Å². The molecule has 1 N–H and O–H groups in total. The molecule has 1 aromatic carbocycles. The minimum Gasteiger partial charge on any atom is -0.357 e. The highest BCUT2D eigenvalue weighted by atomic mass is 127. The van der Waals surface area contributed by atoms with Gasteiger partial charge in [-0.25, -0.2) is 4.99 Å². The van der Waals surface area contributed by atoms with Gasteiger partial charge in [0.15, 0.2) is 5.96 Å². The molecule has 5 nitrogen and oxygen atoms in total. The first-order chi connectivity index (χ1) is 11.0. The van der Waals surface area contributed by atoms with Gasteiger partial charge in [0, 0.05) is 38.4 Å². The third-order valence-electron chi connectivity index (χ3n) is 4.00. The molecular formula is C18H28IN5. The molecule has 0 saturated heterocycles. The second-order valence-corrected chi connectivity index (χ2v) is 5.78. The van der Waals surface area contributed by atoms with Crippen LogP contribution in [0, 0.1) is 13.8 Å². The first kappa shape index (κ1) is 20.5. The van der Waals surface area contributed by atoms with Gasteiger partial charge in [0.1, 0.15) is 0 Å². The van der Waals surface area contributed by atoms with E-state index in [0.29, 0.717) is 6.54 Å². The van der Waals surface area contributed by atoms with Crippen LogP contribution in [0.25, 0.3) is 0 Å². The second kappa shape index (κ2) is 9.66. The summed E-state index contributed by atoms with van der Waals surface area (Å²) < 4.78 is 1.92. The first-order valence-corrected chi connectivity index (χ1v) is 8.05. The van der Waals surface area contributed by atoms with Crippen molar-refractivity contribution in [1.82, 2.24) is 20.0 Å². The molecule has 0 atom stereocenters. The van der Waals surface area contributed by atoms with Gasteiger partial charge in [0.05, 0.1) is 12.2 Å². The van der Waals surface area contributed by atoms with Gasteiger partial charge in [-0.3, -0.25) is 4.68 Å². The zero-order chi connectivity index (χ0) is 16.8. The molecule has 0 aliphatic carbocycles. The summed E-state index contributed by atoms with van der Waals surface area (Å²) in [5.74, 6) is 0.916. The van der Waals surface area contributed by atoms with E-state index in [-0.39, 0.29) is 24.0 Å². The Balaban J connectivity index is 0.00000288. The third kappa shape index (κ3) is 5.22. The molecule has 2 rings (SSSR count). The van der Waals surface area contributed by atoms with E-state index < -0.39 is 0 Å². The van der Waals surface area contributed by atoms with Gasteiger partial charge in [0.2, 0.25) is 0 Å². The fourth-order valence-electron chi connectivity index (χ4n) is 2.60. The van der Waals surface area contributed by atoms with Crippen molar-refractivity contribution in [1.29, 1.82) is 0 Å². The minimum absolute atomic E-state index is 0. The number of guanidine groups is 1. The predicted molar refractivity (Wildman–Crippen MR) is 111 cm³/mol. The maximum absolute atomic E-state index is 4.79. The Labute approximate surface area is 162 Å². The van der Waals surface area contributed by atoms with Crippen LogP contribution >= 0.6 is 24.0 Å². The molecule has 0 radical (unpaired) electrons. The Morgan fingerprint density at radius 1 is 1.25 bits per heavy atom.